The molecular formula is C13H16N2. The van der Waals surface area contributed by atoms with Crippen molar-refractivity contribution in [3.05, 3.63) is 35.9 Å². The highest BCUT2D eigenvalue weighted by Gasteiger charge is 2.35. The molecule has 1 fully saturated rings. The van der Waals surface area contributed by atoms with Gasteiger partial charge in [-0.15, -0.1) is 0 Å². The van der Waals surface area contributed by atoms with Crippen LogP contribution in [-0.4, -0.2) is 12.1 Å². The Morgan fingerprint density at radius 3 is 2.87 bits per heavy atom. The first-order valence-corrected chi connectivity index (χ1v) is 5.39. The van der Waals surface area contributed by atoms with E-state index in [9.17, 15) is 0 Å². The van der Waals surface area contributed by atoms with Crippen LogP contribution in [-0.2, 0) is 6.42 Å². The molecule has 0 saturated heterocycles. The van der Waals surface area contributed by atoms with Gasteiger partial charge in [0.1, 0.15) is 5.84 Å². The molecule has 0 heterocycles. The number of nitrogens with one attached hydrogen (secondary N) is 1. The van der Waals surface area contributed by atoms with E-state index >= 15 is 0 Å². The minimum absolute atomic E-state index is 0.403. The van der Waals surface area contributed by atoms with E-state index in [1.165, 1.54) is 12.0 Å². The molecule has 0 spiro atoms. The Morgan fingerprint density at radius 1 is 1.47 bits per heavy atom. The lowest BCUT2D eigenvalue weighted by Crippen LogP contribution is -1.92. The van der Waals surface area contributed by atoms with E-state index in [-0.39, 0.29) is 0 Å². The summed E-state index contributed by atoms with van der Waals surface area (Å²) in [5, 5.41) is 7.20. The number of hydrogen-bond donors (Lipinski definition) is 1. The largest absolute Gasteiger partial charge is 0.287 e. The second kappa shape index (κ2) is 4.39. The van der Waals surface area contributed by atoms with Crippen LogP contribution in [0.3, 0.4) is 0 Å². The van der Waals surface area contributed by atoms with E-state index in [0.29, 0.717) is 11.8 Å². The van der Waals surface area contributed by atoms with Crippen LogP contribution in [0.2, 0.25) is 0 Å². The molecule has 2 unspecified atom stereocenters. The van der Waals surface area contributed by atoms with E-state index in [1.54, 1.807) is 6.92 Å². The Labute approximate surface area is 90.6 Å². The van der Waals surface area contributed by atoms with Crippen LogP contribution in [0.4, 0.5) is 0 Å². The number of aliphatic imine (C=N–C) groups is 1. The fraction of sp³-hybridized carbons (Fsp3) is 0.385. The smallest absolute Gasteiger partial charge is 0.116 e. The summed E-state index contributed by atoms with van der Waals surface area (Å²) in [6.45, 7) is 1.71. The van der Waals surface area contributed by atoms with E-state index in [0.717, 1.165) is 12.3 Å². The van der Waals surface area contributed by atoms with Crippen molar-refractivity contribution in [2.75, 3.05) is 0 Å². The van der Waals surface area contributed by atoms with Crippen molar-refractivity contribution in [2.45, 2.75) is 19.8 Å². The first-order valence-electron chi connectivity index (χ1n) is 5.39. The fourth-order valence-electron chi connectivity index (χ4n) is 1.81. The molecule has 15 heavy (non-hydrogen) atoms. The zero-order chi connectivity index (χ0) is 10.7. The summed E-state index contributed by atoms with van der Waals surface area (Å²) >= 11 is 0. The molecule has 1 saturated carbocycles. The monoisotopic (exact) mass is 200 g/mol. The minimum atomic E-state index is 0.403. The highest BCUT2D eigenvalue weighted by molar-refractivity contribution is 5.86. The van der Waals surface area contributed by atoms with Crippen molar-refractivity contribution in [1.82, 2.24) is 0 Å². The molecule has 2 heteroatoms. The van der Waals surface area contributed by atoms with E-state index in [1.807, 2.05) is 12.3 Å². The third-order valence-electron chi connectivity index (χ3n) is 2.78. The summed E-state index contributed by atoms with van der Waals surface area (Å²) in [5.74, 6) is 1.75. The van der Waals surface area contributed by atoms with Crippen molar-refractivity contribution >= 4 is 12.1 Å². The molecule has 1 aromatic rings. The predicted octanol–water partition coefficient (Wildman–Crippen LogP) is 2.93. The zero-order valence-electron chi connectivity index (χ0n) is 8.98. The molecule has 0 aliphatic heterocycles. The average molecular weight is 200 g/mol. The lowest BCUT2D eigenvalue weighted by atomic mass is 10.1. The first-order chi connectivity index (χ1) is 7.25. The van der Waals surface area contributed by atoms with Gasteiger partial charge in [0.15, 0.2) is 0 Å². The number of hydrogen-bond acceptors (Lipinski definition) is 1. The minimum Gasteiger partial charge on any atom is -0.287 e. The van der Waals surface area contributed by atoms with Crippen LogP contribution in [0.15, 0.2) is 35.3 Å². The quantitative estimate of drug-likeness (QED) is 0.575. The van der Waals surface area contributed by atoms with Crippen LogP contribution in [0.25, 0.3) is 0 Å². The highest BCUT2D eigenvalue weighted by atomic mass is 14.8. The maximum absolute atomic E-state index is 7.20. The van der Waals surface area contributed by atoms with Crippen LogP contribution >= 0.6 is 0 Å². The Balaban J connectivity index is 1.83. The Hall–Kier alpha value is -1.44. The molecule has 0 bridgehead atoms. The fourth-order valence-corrected chi connectivity index (χ4v) is 1.81. The van der Waals surface area contributed by atoms with Crippen LogP contribution in [0.5, 0.6) is 0 Å². The molecule has 1 aliphatic rings. The van der Waals surface area contributed by atoms with E-state index in [4.69, 9.17) is 5.41 Å². The Bertz CT molecular complexity index is 367. The molecule has 78 valence electrons. The molecular weight excluding hydrogens is 184 g/mol. The van der Waals surface area contributed by atoms with Crippen LogP contribution < -0.4 is 0 Å². The molecule has 0 radical (unpaired) electrons. The third kappa shape index (κ3) is 3.01. The van der Waals surface area contributed by atoms with Gasteiger partial charge in [0, 0.05) is 6.21 Å². The molecule has 2 rings (SSSR count). The summed E-state index contributed by atoms with van der Waals surface area (Å²) in [5.41, 5.74) is 1.41. The van der Waals surface area contributed by atoms with Crippen molar-refractivity contribution in [3.63, 3.8) is 0 Å². The van der Waals surface area contributed by atoms with Crippen LogP contribution in [0, 0.1) is 17.2 Å². The lowest BCUT2D eigenvalue weighted by Gasteiger charge is -1.97. The molecule has 1 aromatic carbocycles. The highest BCUT2D eigenvalue weighted by Crippen LogP contribution is 2.39. The molecule has 0 aromatic heterocycles. The van der Waals surface area contributed by atoms with Gasteiger partial charge in [-0.2, -0.15) is 0 Å². The second-order valence-electron chi connectivity index (χ2n) is 4.21. The van der Waals surface area contributed by atoms with Gasteiger partial charge in [-0.1, -0.05) is 30.3 Å². The normalized spacial score (nSPS) is 24.3. The SMILES string of the molecule is CC(=N)/N=C/C1CC1Cc1ccccc1. The summed E-state index contributed by atoms with van der Waals surface area (Å²) in [6.07, 6.45) is 4.32. The molecule has 1 N–H and O–H groups in total. The lowest BCUT2D eigenvalue weighted by molar-refractivity contribution is 0.803. The topological polar surface area (TPSA) is 36.2 Å². The molecule has 2 nitrogen and oxygen atoms in total. The number of benzene rings is 1. The van der Waals surface area contributed by atoms with Crippen molar-refractivity contribution < 1.29 is 0 Å². The summed E-state index contributed by atoms with van der Waals surface area (Å²) in [4.78, 5) is 4.04. The summed E-state index contributed by atoms with van der Waals surface area (Å²) in [6, 6.07) is 10.6. The van der Waals surface area contributed by atoms with Gasteiger partial charge in [-0.05, 0) is 37.2 Å². The first kappa shape index (κ1) is 10.1. The van der Waals surface area contributed by atoms with Gasteiger partial charge in [0.25, 0.3) is 0 Å². The standard InChI is InChI=1S/C13H16N2/c1-10(14)15-9-13-8-12(13)7-11-5-3-2-4-6-11/h2-6,9,12-14H,7-8H2,1H3/b14-10?,15-9+. The van der Waals surface area contributed by atoms with E-state index < -0.39 is 0 Å². The molecule has 0 amide bonds. The third-order valence-corrected chi connectivity index (χ3v) is 2.78. The van der Waals surface area contributed by atoms with Crippen molar-refractivity contribution in [3.8, 4) is 0 Å². The molecule has 1 aliphatic carbocycles. The van der Waals surface area contributed by atoms with E-state index in [2.05, 4.69) is 29.3 Å². The predicted molar refractivity (Wildman–Crippen MR) is 63.6 cm³/mol. The maximum Gasteiger partial charge on any atom is 0.116 e. The zero-order valence-corrected chi connectivity index (χ0v) is 8.98. The van der Waals surface area contributed by atoms with Gasteiger partial charge in [-0.3, -0.25) is 5.41 Å². The number of amidine groups is 1. The van der Waals surface area contributed by atoms with Gasteiger partial charge in [0.05, 0.1) is 0 Å². The average Bonchev–Trinajstić information content (AvgIpc) is 2.95. The van der Waals surface area contributed by atoms with Gasteiger partial charge < -0.3 is 0 Å². The van der Waals surface area contributed by atoms with Crippen molar-refractivity contribution in [1.29, 1.82) is 5.41 Å². The Morgan fingerprint density at radius 2 is 2.20 bits per heavy atom. The van der Waals surface area contributed by atoms with Gasteiger partial charge >= 0.3 is 0 Å². The maximum atomic E-state index is 7.20. The Kier molecular flexibility index (Phi) is 2.95. The van der Waals surface area contributed by atoms with Crippen molar-refractivity contribution in [2.24, 2.45) is 16.8 Å². The second-order valence-corrected chi connectivity index (χ2v) is 4.21. The number of nitrogens with zero attached hydrogens (tertiary/aromatic N) is 1. The number of rotatable bonds is 3. The van der Waals surface area contributed by atoms with Gasteiger partial charge in [-0.25, -0.2) is 4.99 Å². The summed E-state index contributed by atoms with van der Waals surface area (Å²) in [7, 11) is 0. The van der Waals surface area contributed by atoms with Gasteiger partial charge in [0.2, 0.25) is 0 Å². The molecule has 2 atom stereocenters. The van der Waals surface area contributed by atoms with Crippen LogP contribution in [0.1, 0.15) is 18.9 Å². The summed E-state index contributed by atoms with van der Waals surface area (Å²) < 4.78 is 0.